The highest BCUT2D eigenvalue weighted by atomic mass is 19.1. The summed E-state index contributed by atoms with van der Waals surface area (Å²) in [4.78, 5) is 0. The van der Waals surface area contributed by atoms with Gasteiger partial charge in [0.1, 0.15) is 5.82 Å². The lowest BCUT2D eigenvalue weighted by molar-refractivity contribution is 0.615. The number of benzene rings is 1. The average Bonchev–Trinajstić information content (AvgIpc) is 2.52. The first-order valence-corrected chi connectivity index (χ1v) is 5.41. The molecule has 0 bridgehead atoms. The van der Waals surface area contributed by atoms with Gasteiger partial charge in [0, 0.05) is 5.56 Å². The smallest absolute Gasteiger partial charge is 0.133 e. The van der Waals surface area contributed by atoms with Crippen LogP contribution in [-0.4, -0.2) is 0 Å². The van der Waals surface area contributed by atoms with Crippen LogP contribution in [0.1, 0.15) is 37.0 Å². The third-order valence-corrected chi connectivity index (χ3v) is 2.26. The third-order valence-electron chi connectivity index (χ3n) is 2.26. The minimum Gasteiger partial charge on any atom is -0.206 e. The summed E-state index contributed by atoms with van der Waals surface area (Å²) in [5.74, 6) is -0.0969. The Morgan fingerprint density at radius 3 is 2.47 bits per heavy atom. The minimum atomic E-state index is -0.0969. The summed E-state index contributed by atoms with van der Waals surface area (Å²) < 4.78 is 13.6. The molecule has 0 aliphatic heterocycles. The molecule has 15 heavy (non-hydrogen) atoms. The van der Waals surface area contributed by atoms with E-state index in [1.807, 2.05) is 50.3 Å². The van der Waals surface area contributed by atoms with Gasteiger partial charge in [-0.25, -0.2) is 4.39 Å². The second-order valence-electron chi connectivity index (χ2n) is 3.24. The number of fused-ring (bicyclic) bond motifs is 1. The molecule has 0 aromatic heterocycles. The fourth-order valence-electron chi connectivity index (χ4n) is 1.49. The van der Waals surface area contributed by atoms with E-state index in [1.165, 1.54) is 0 Å². The van der Waals surface area contributed by atoms with Gasteiger partial charge in [-0.1, -0.05) is 50.3 Å². The van der Waals surface area contributed by atoms with Gasteiger partial charge in [-0.15, -0.1) is 0 Å². The van der Waals surface area contributed by atoms with Gasteiger partial charge in [-0.2, -0.15) is 0 Å². The standard InChI is InChI=1S/C12H11F.C2H6/c1-9-7-8-10-5-3-2-4-6-11(10)12(9)13;1-2/h3-8H,2H2,1H3;1-2H3. The predicted molar refractivity (Wildman–Crippen MR) is 65.2 cm³/mol. The third kappa shape index (κ3) is 2.56. The van der Waals surface area contributed by atoms with Crippen LogP contribution in [0.2, 0.25) is 0 Å². The molecule has 80 valence electrons. The van der Waals surface area contributed by atoms with Gasteiger partial charge in [0.25, 0.3) is 0 Å². The Bertz CT molecular complexity index is 387. The van der Waals surface area contributed by atoms with Crippen molar-refractivity contribution in [2.45, 2.75) is 27.2 Å². The van der Waals surface area contributed by atoms with E-state index >= 15 is 0 Å². The molecule has 0 fully saturated rings. The minimum absolute atomic E-state index is 0.0969. The molecule has 0 N–H and O–H groups in total. The lowest BCUT2D eigenvalue weighted by atomic mass is 10.0. The van der Waals surface area contributed by atoms with Crippen molar-refractivity contribution in [1.29, 1.82) is 0 Å². The van der Waals surface area contributed by atoms with Crippen molar-refractivity contribution < 1.29 is 4.39 Å². The molecular weight excluding hydrogens is 187 g/mol. The normalized spacial score (nSPS) is 12.5. The maximum atomic E-state index is 13.6. The molecule has 1 heteroatoms. The number of hydrogen-bond donors (Lipinski definition) is 0. The maximum Gasteiger partial charge on any atom is 0.133 e. The molecule has 2 rings (SSSR count). The van der Waals surface area contributed by atoms with E-state index in [0.29, 0.717) is 11.1 Å². The molecular formula is C14H17F. The zero-order valence-electron chi connectivity index (χ0n) is 9.55. The van der Waals surface area contributed by atoms with Gasteiger partial charge in [-0.3, -0.25) is 0 Å². The van der Waals surface area contributed by atoms with Crippen LogP contribution in [0, 0.1) is 12.7 Å². The second kappa shape index (κ2) is 5.50. The molecule has 1 aromatic rings. The maximum absolute atomic E-state index is 13.6. The summed E-state index contributed by atoms with van der Waals surface area (Å²) >= 11 is 0. The number of rotatable bonds is 0. The molecule has 1 aliphatic rings. The Kier molecular flexibility index (Phi) is 4.29. The molecule has 0 atom stereocenters. The van der Waals surface area contributed by atoms with Crippen LogP contribution in [0.4, 0.5) is 4.39 Å². The first-order valence-electron chi connectivity index (χ1n) is 5.41. The molecule has 1 aliphatic carbocycles. The number of allylic oxidation sites excluding steroid dienone is 2. The van der Waals surface area contributed by atoms with Gasteiger partial charge in [0.05, 0.1) is 0 Å². The van der Waals surface area contributed by atoms with Crippen LogP contribution in [0.15, 0.2) is 24.3 Å². The molecule has 0 radical (unpaired) electrons. The van der Waals surface area contributed by atoms with Gasteiger partial charge < -0.3 is 0 Å². The van der Waals surface area contributed by atoms with E-state index in [4.69, 9.17) is 0 Å². The monoisotopic (exact) mass is 204 g/mol. The molecule has 0 amide bonds. The summed E-state index contributed by atoms with van der Waals surface area (Å²) in [5, 5.41) is 0. The van der Waals surface area contributed by atoms with E-state index in [2.05, 4.69) is 0 Å². The lowest BCUT2D eigenvalue weighted by Crippen LogP contribution is -1.90. The fourth-order valence-corrected chi connectivity index (χ4v) is 1.49. The summed E-state index contributed by atoms with van der Waals surface area (Å²) in [5.41, 5.74) is 2.39. The quantitative estimate of drug-likeness (QED) is 0.579. The van der Waals surface area contributed by atoms with E-state index in [-0.39, 0.29) is 5.82 Å². The highest BCUT2D eigenvalue weighted by Crippen LogP contribution is 2.22. The Hall–Kier alpha value is -1.37. The van der Waals surface area contributed by atoms with Crippen LogP contribution < -0.4 is 0 Å². The van der Waals surface area contributed by atoms with E-state index in [0.717, 1.165) is 12.0 Å². The second-order valence-corrected chi connectivity index (χ2v) is 3.24. The zero-order valence-corrected chi connectivity index (χ0v) is 9.55. The Morgan fingerprint density at radius 1 is 1.07 bits per heavy atom. The molecule has 0 saturated heterocycles. The van der Waals surface area contributed by atoms with Crippen LogP contribution in [-0.2, 0) is 0 Å². The summed E-state index contributed by atoms with van der Waals surface area (Å²) in [6, 6.07) is 3.78. The summed E-state index contributed by atoms with van der Waals surface area (Å²) in [6.07, 6.45) is 8.73. The lowest BCUT2D eigenvalue weighted by Gasteiger charge is -2.04. The largest absolute Gasteiger partial charge is 0.206 e. The van der Waals surface area contributed by atoms with Crippen molar-refractivity contribution in [3.63, 3.8) is 0 Å². The highest BCUT2D eigenvalue weighted by Gasteiger charge is 2.07. The van der Waals surface area contributed by atoms with E-state index in [1.54, 1.807) is 6.92 Å². The van der Waals surface area contributed by atoms with Crippen molar-refractivity contribution in [3.8, 4) is 0 Å². The highest BCUT2D eigenvalue weighted by molar-refractivity contribution is 5.68. The first-order chi connectivity index (χ1) is 7.29. The zero-order chi connectivity index (χ0) is 11.3. The van der Waals surface area contributed by atoms with E-state index < -0.39 is 0 Å². The van der Waals surface area contributed by atoms with Crippen LogP contribution >= 0.6 is 0 Å². The summed E-state index contributed by atoms with van der Waals surface area (Å²) in [6.45, 7) is 5.79. The predicted octanol–water partition coefficient (Wildman–Crippen LogP) is 4.59. The molecule has 0 nitrogen and oxygen atoms in total. The average molecular weight is 204 g/mol. The molecule has 0 unspecified atom stereocenters. The van der Waals surface area contributed by atoms with Crippen LogP contribution in [0.25, 0.3) is 12.2 Å². The SMILES string of the molecule is CC.Cc1ccc2c(c1F)C=CCC=C2. The van der Waals surface area contributed by atoms with Crippen molar-refractivity contribution in [1.82, 2.24) is 0 Å². The van der Waals surface area contributed by atoms with Gasteiger partial charge in [0.2, 0.25) is 0 Å². The van der Waals surface area contributed by atoms with Crippen LogP contribution in [0.3, 0.4) is 0 Å². The van der Waals surface area contributed by atoms with Gasteiger partial charge in [0.15, 0.2) is 0 Å². The van der Waals surface area contributed by atoms with Gasteiger partial charge >= 0.3 is 0 Å². The van der Waals surface area contributed by atoms with Gasteiger partial charge in [-0.05, 0) is 24.5 Å². The number of aryl methyl sites for hydroxylation is 1. The Labute approximate surface area is 91.1 Å². The Balaban J connectivity index is 0.000000531. The summed E-state index contributed by atoms with van der Waals surface area (Å²) in [7, 11) is 0. The molecule has 1 aromatic carbocycles. The van der Waals surface area contributed by atoms with E-state index in [9.17, 15) is 4.39 Å². The van der Waals surface area contributed by atoms with Crippen molar-refractivity contribution >= 4 is 12.2 Å². The van der Waals surface area contributed by atoms with Crippen molar-refractivity contribution in [2.24, 2.45) is 0 Å². The molecule has 0 saturated carbocycles. The Morgan fingerprint density at radius 2 is 1.73 bits per heavy atom. The number of hydrogen-bond acceptors (Lipinski definition) is 0. The fraction of sp³-hybridized carbons (Fsp3) is 0.286. The first kappa shape index (κ1) is 11.7. The van der Waals surface area contributed by atoms with Crippen molar-refractivity contribution in [2.75, 3.05) is 0 Å². The van der Waals surface area contributed by atoms with Crippen LogP contribution in [0.5, 0.6) is 0 Å². The number of halogens is 1. The topological polar surface area (TPSA) is 0 Å². The molecule has 0 spiro atoms. The molecule has 0 heterocycles. The van der Waals surface area contributed by atoms with Crippen molar-refractivity contribution in [3.05, 3.63) is 46.8 Å².